The second-order valence-corrected chi connectivity index (χ2v) is 4.06. The number of aromatic nitrogens is 1. The molecule has 15 heavy (non-hydrogen) atoms. The molecule has 0 radical (unpaired) electrons. The summed E-state index contributed by atoms with van der Waals surface area (Å²) in [4.78, 5) is 15.7. The van der Waals surface area contributed by atoms with Crippen LogP contribution in [-0.4, -0.2) is 10.9 Å². The van der Waals surface area contributed by atoms with Gasteiger partial charge in [-0.1, -0.05) is 18.2 Å². The van der Waals surface area contributed by atoms with Gasteiger partial charge in [-0.2, -0.15) is 0 Å². The molecular formula is C11H9BrN2O. The number of para-hydroxylation sites is 1. The number of primary amides is 1. The molecule has 0 fully saturated rings. The first-order valence-corrected chi connectivity index (χ1v) is 5.25. The Labute approximate surface area is 95.4 Å². The van der Waals surface area contributed by atoms with E-state index in [0.29, 0.717) is 10.0 Å². The van der Waals surface area contributed by atoms with Crippen molar-refractivity contribution in [2.75, 3.05) is 0 Å². The van der Waals surface area contributed by atoms with E-state index in [-0.39, 0.29) is 0 Å². The molecule has 0 spiro atoms. The van der Waals surface area contributed by atoms with E-state index in [0.717, 1.165) is 16.6 Å². The third-order valence-electron chi connectivity index (χ3n) is 2.25. The first-order chi connectivity index (χ1) is 7.11. The van der Waals surface area contributed by atoms with Gasteiger partial charge < -0.3 is 5.73 Å². The van der Waals surface area contributed by atoms with Gasteiger partial charge in [0.25, 0.3) is 5.91 Å². The highest BCUT2D eigenvalue weighted by molar-refractivity contribution is 9.10. The Morgan fingerprint density at radius 1 is 1.40 bits per heavy atom. The van der Waals surface area contributed by atoms with Crippen molar-refractivity contribution in [3.63, 3.8) is 0 Å². The number of fused-ring (bicyclic) bond motifs is 1. The molecule has 0 unspecified atom stereocenters. The maximum Gasteiger partial charge on any atom is 0.250 e. The molecule has 0 saturated heterocycles. The zero-order valence-electron chi connectivity index (χ0n) is 8.12. The number of halogens is 1. The van der Waals surface area contributed by atoms with E-state index < -0.39 is 5.91 Å². The monoisotopic (exact) mass is 264 g/mol. The summed E-state index contributed by atoms with van der Waals surface area (Å²) in [7, 11) is 0. The number of benzene rings is 1. The molecule has 0 atom stereocenters. The van der Waals surface area contributed by atoms with Crippen molar-refractivity contribution in [2.24, 2.45) is 5.73 Å². The summed E-state index contributed by atoms with van der Waals surface area (Å²) in [6.07, 6.45) is 0. The molecule has 76 valence electrons. The first kappa shape index (κ1) is 10.1. The van der Waals surface area contributed by atoms with Crippen LogP contribution in [0.1, 0.15) is 16.1 Å². The molecule has 0 saturated carbocycles. The predicted molar refractivity (Wildman–Crippen MR) is 62.7 cm³/mol. The lowest BCUT2D eigenvalue weighted by Gasteiger charge is -2.07. The van der Waals surface area contributed by atoms with Crippen molar-refractivity contribution in [3.05, 3.63) is 40.0 Å². The van der Waals surface area contributed by atoms with Crippen LogP contribution in [0, 0.1) is 6.92 Å². The average Bonchev–Trinajstić information content (AvgIpc) is 2.19. The van der Waals surface area contributed by atoms with Crippen LogP contribution in [0.15, 0.2) is 28.7 Å². The molecule has 2 aromatic rings. The molecule has 0 aliphatic heterocycles. The number of carbonyl (C=O) groups excluding carboxylic acids is 1. The minimum absolute atomic E-state index is 0.441. The lowest BCUT2D eigenvalue weighted by Crippen LogP contribution is -2.13. The zero-order chi connectivity index (χ0) is 11.0. The van der Waals surface area contributed by atoms with Crippen LogP contribution >= 0.6 is 15.9 Å². The van der Waals surface area contributed by atoms with E-state index in [9.17, 15) is 4.79 Å². The molecular weight excluding hydrogens is 256 g/mol. The highest BCUT2D eigenvalue weighted by Crippen LogP contribution is 2.27. The first-order valence-electron chi connectivity index (χ1n) is 4.46. The van der Waals surface area contributed by atoms with Gasteiger partial charge in [-0.15, -0.1) is 0 Å². The highest BCUT2D eigenvalue weighted by Gasteiger charge is 2.14. The van der Waals surface area contributed by atoms with Gasteiger partial charge in [-0.25, -0.2) is 0 Å². The number of hydrogen-bond acceptors (Lipinski definition) is 2. The van der Waals surface area contributed by atoms with Crippen molar-refractivity contribution < 1.29 is 4.79 Å². The van der Waals surface area contributed by atoms with Gasteiger partial charge >= 0.3 is 0 Å². The SMILES string of the molecule is Cc1nc2ccccc2c(C(N)=O)c1Br. The standard InChI is InChI=1S/C11H9BrN2O/c1-6-10(12)9(11(13)15)7-4-2-3-5-8(7)14-6/h2-5H,1H3,(H2,13,15). The largest absolute Gasteiger partial charge is 0.366 e. The van der Waals surface area contributed by atoms with Crippen LogP contribution < -0.4 is 5.73 Å². The Balaban J connectivity index is 2.95. The Hall–Kier alpha value is -1.42. The zero-order valence-corrected chi connectivity index (χ0v) is 9.71. The van der Waals surface area contributed by atoms with E-state index in [1.165, 1.54) is 0 Å². The Morgan fingerprint density at radius 3 is 2.73 bits per heavy atom. The Bertz CT molecular complexity index is 552. The van der Waals surface area contributed by atoms with Gasteiger partial charge in [0, 0.05) is 5.39 Å². The van der Waals surface area contributed by atoms with Gasteiger partial charge in [0.2, 0.25) is 0 Å². The van der Waals surface area contributed by atoms with Crippen LogP contribution in [0.3, 0.4) is 0 Å². The number of rotatable bonds is 1. The number of pyridine rings is 1. The third kappa shape index (κ3) is 1.61. The van der Waals surface area contributed by atoms with Crippen molar-refractivity contribution >= 4 is 32.7 Å². The summed E-state index contributed by atoms with van der Waals surface area (Å²) in [6.45, 7) is 1.84. The minimum Gasteiger partial charge on any atom is -0.366 e. The summed E-state index contributed by atoms with van der Waals surface area (Å²) in [5.41, 5.74) is 7.40. The topological polar surface area (TPSA) is 56.0 Å². The lowest BCUT2D eigenvalue weighted by molar-refractivity contribution is 0.100. The number of carbonyl (C=O) groups is 1. The maximum atomic E-state index is 11.4. The van der Waals surface area contributed by atoms with Crippen molar-refractivity contribution in [1.29, 1.82) is 0 Å². The normalized spacial score (nSPS) is 10.5. The Morgan fingerprint density at radius 2 is 2.07 bits per heavy atom. The molecule has 2 rings (SSSR count). The van der Waals surface area contributed by atoms with Gasteiger partial charge in [0.15, 0.2) is 0 Å². The van der Waals surface area contributed by atoms with Gasteiger partial charge in [0.05, 0.1) is 21.2 Å². The fourth-order valence-corrected chi connectivity index (χ4v) is 2.05. The smallest absolute Gasteiger partial charge is 0.250 e. The van der Waals surface area contributed by atoms with Crippen LogP contribution in [0.25, 0.3) is 10.9 Å². The fraction of sp³-hybridized carbons (Fsp3) is 0.0909. The molecule has 1 heterocycles. The summed E-state index contributed by atoms with van der Waals surface area (Å²) in [5, 5.41) is 0.780. The number of hydrogen-bond donors (Lipinski definition) is 1. The Kier molecular flexibility index (Phi) is 2.44. The van der Waals surface area contributed by atoms with E-state index in [2.05, 4.69) is 20.9 Å². The summed E-state index contributed by atoms with van der Waals surface area (Å²) in [6, 6.07) is 7.44. The predicted octanol–water partition coefficient (Wildman–Crippen LogP) is 2.40. The van der Waals surface area contributed by atoms with Crippen LogP contribution in [0.2, 0.25) is 0 Å². The lowest BCUT2D eigenvalue weighted by atomic mass is 10.1. The minimum atomic E-state index is -0.441. The van der Waals surface area contributed by atoms with Crippen molar-refractivity contribution in [2.45, 2.75) is 6.92 Å². The maximum absolute atomic E-state index is 11.4. The van der Waals surface area contributed by atoms with Crippen molar-refractivity contribution in [3.8, 4) is 0 Å². The molecule has 3 nitrogen and oxygen atoms in total. The molecule has 0 bridgehead atoms. The highest BCUT2D eigenvalue weighted by atomic mass is 79.9. The average molecular weight is 265 g/mol. The number of amides is 1. The molecule has 4 heteroatoms. The second kappa shape index (κ2) is 3.62. The van der Waals surface area contributed by atoms with Gasteiger partial charge in [0.1, 0.15) is 0 Å². The second-order valence-electron chi connectivity index (χ2n) is 3.27. The van der Waals surface area contributed by atoms with Crippen LogP contribution in [0.5, 0.6) is 0 Å². The summed E-state index contributed by atoms with van der Waals surface area (Å²) in [5.74, 6) is -0.441. The number of nitrogens with zero attached hydrogens (tertiary/aromatic N) is 1. The summed E-state index contributed by atoms with van der Waals surface area (Å²) >= 11 is 3.34. The number of nitrogens with two attached hydrogens (primary N) is 1. The quantitative estimate of drug-likeness (QED) is 0.860. The molecule has 1 aromatic heterocycles. The third-order valence-corrected chi connectivity index (χ3v) is 3.22. The fourth-order valence-electron chi connectivity index (χ4n) is 1.55. The van der Waals surface area contributed by atoms with E-state index >= 15 is 0 Å². The van der Waals surface area contributed by atoms with E-state index in [1.807, 2.05) is 31.2 Å². The molecule has 1 amide bonds. The summed E-state index contributed by atoms with van der Waals surface area (Å²) < 4.78 is 0.675. The van der Waals surface area contributed by atoms with Crippen LogP contribution in [0.4, 0.5) is 0 Å². The number of aryl methyl sites for hydroxylation is 1. The van der Waals surface area contributed by atoms with Crippen molar-refractivity contribution in [1.82, 2.24) is 4.98 Å². The molecule has 1 aromatic carbocycles. The van der Waals surface area contributed by atoms with E-state index in [4.69, 9.17) is 5.73 Å². The van der Waals surface area contributed by atoms with Crippen LogP contribution in [-0.2, 0) is 0 Å². The molecule has 2 N–H and O–H groups in total. The van der Waals surface area contributed by atoms with Gasteiger partial charge in [-0.3, -0.25) is 9.78 Å². The molecule has 0 aliphatic carbocycles. The van der Waals surface area contributed by atoms with E-state index in [1.54, 1.807) is 0 Å². The van der Waals surface area contributed by atoms with Gasteiger partial charge in [-0.05, 0) is 28.9 Å². The molecule has 0 aliphatic rings.